The highest BCUT2D eigenvalue weighted by molar-refractivity contribution is 7.93. The van der Waals surface area contributed by atoms with Gasteiger partial charge in [-0.15, -0.1) is 0 Å². The van der Waals surface area contributed by atoms with Crippen LogP contribution in [0, 0.1) is 11.3 Å². The fourth-order valence-corrected chi connectivity index (χ4v) is 3.34. The van der Waals surface area contributed by atoms with Crippen LogP contribution in [0.1, 0.15) is 37.5 Å². The van der Waals surface area contributed by atoms with E-state index in [-0.39, 0.29) is 22.6 Å². The Morgan fingerprint density at radius 1 is 1.19 bits per heavy atom. The molecule has 0 fully saturated rings. The van der Waals surface area contributed by atoms with Crippen LogP contribution in [0.4, 0.5) is 0 Å². The molecule has 0 aliphatic heterocycles. The summed E-state index contributed by atoms with van der Waals surface area (Å²) < 4.78 is 27.3. The van der Waals surface area contributed by atoms with Gasteiger partial charge in [0.2, 0.25) is 0 Å². The van der Waals surface area contributed by atoms with E-state index < -0.39 is 10.0 Å². The molecule has 26 heavy (non-hydrogen) atoms. The number of phenolic OH excluding ortho intramolecular Hbond substituents is 1. The van der Waals surface area contributed by atoms with Crippen LogP contribution in [0.2, 0.25) is 0 Å². The first kappa shape index (κ1) is 19.7. The van der Waals surface area contributed by atoms with Crippen LogP contribution in [0.15, 0.2) is 53.4 Å². The van der Waals surface area contributed by atoms with Crippen molar-refractivity contribution in [2.24, 2.45) is 0 Å². The Kier molecular flexibility index (Phi) is 5.86. The summed E-state index contributed by atoms with van der Waals surface area (Å²) in [5.41, 5.74) is 1.70. The molecule has 0 bridgehead atoms. The number of phenols is 1. The molecule has 0 saturated carbocycles. The molecule has 136 valence electrons. The van der Waals surface area contributed by atoms with Gasteiger partial charge in [-0.2, -0.15) is 5.26 Å². The Hall–Kier alpha value is -2.62. The van der Waals surface area contributed by atoms with E-state index in [1.54, 1.807) is 30.3 Å². The maximum atomic E-state index is 12.4. The molecule has 0 spiro atoms. The zero-order valence-corrected chi connectivity index (χ0v) is 15.8. The Labute approximate surface area is 154 Å². The van der Waals surface area contributed by atoms with E-state index in [9.17, 15) is 18.8 Å². The van der Waals surface area contributed by atoms with Crippen molar-refractivity contribution in [2.75, 3.05) is 0 Å². The second-order valence-electron chi connectivity index (χ2n) is 6.96. The van der Waals surface area contributed by atoms with Gasteiger partial charge in [0, 0.05) is 6.54 Å². The standard InChI is InChI=1S/C20H22N2O3S/c1-20(2,3)18-12-16(9-10-19(18)23)11-17(13-21)26(24,25)22-14-15-7-5-4-6-8-15/h4-12,22-23H,14H2,1-3H3/b17-11+. The number of rotatable bonds is 5. The van der Waals surface area contributed by atoms with E-state index in [0.717, 1.165) is 5.56 Å². The third-order valence-corrected chi connectivity index (χ3v) is 5.15. The Morgan fingerprint density at radius 2 is 1.85 bits per heavy atom. The summed E-state index contributed by atoms with van der Waals surface area (Å²) in [5.74, 6) is 0.137. The molecular weight excluding hydrogens is 348 g/mol. The second-order valence-corrected chi connectivity index (χ2v) is 8.69. The van der Waals surface area contributed by atoms with Crippen molar-refractivity contribution in [1.82, 2.24) is 4.72 Å². The fraction of sp³-hybridized carbons (Fsp3) is 0.250. The van der Waals surface area contributed by atoms with Gasteiger partial charge in [0.15, 0.2) is 4.91 Å². The van der Waals surface area contributed by atoms with E-state index in [1.807, 2.05) is 39.0 Å². The minimum Gasteiger partial charge on any atom is -0.508 e. The van der Waals surface area contributed by atoms with Gasteiger partial charge in [0.1, 0.15) is 11.8 Å². The largest absolute Gasteiger partial charge is 0.508 e. The first-order valence-electron chi connectivity index (χ1n) is 8.12. The van der Waals surface area contributed by atoms with Gasteiger partial charge in [-0.1, -0.05) is 57.2 Å². The maximum absolute atomic E-state index is 12.4. The van der Waals surface area contributed by atoms with Gasteiger partial charge in [-0.25, -0.2) is 13.1 Å². The van der Waals surface area contributed by atoms with Crippen LogP contribution in [-0.2, 0) is 22.0 Å². The van der Waals surface area contributed by atoms with E-state index in [2.05, 4.69) is 4.72 Å². The summed E-state index contributed by atoms with van der Waals surface area (Å²) in [6.45, 7) is 5.93. The predicted octanol–water partition coefficient (Wildman–Crippen LogP) is 3.67. The molecule has 0 aliphatic carbocycles. The van der Waals surface area contributed by atoms with Gasteiger partial charge < -0.3 is 5.11 Å². The Balaban J connectivity index is 2.31. The van der Waals surface area contributed by atoms with Crippen LogP contribution in [-0.4, -0.2) is 13.5 Å². The molecule has 2 N–H and O–H groups in total. The van der Waals surface area contributed by atoms with Crippen molar-refractivity contribution in [3.63, 3.8) is 0 Å². The molecule has 0 heterocycles. The van der Waals surface area contributed by atoms with Crippen molar-refractivity contribution in [3.8, 4) is 11.8 Å². The molecule has 6 heteroatoms. The minimum absolute atomic E-state index is 0.102. The van der Waals surface area contributed by atoms with Crippen molar-refractivity contribution in [2.45, 2.75) is 32.7 Å². The number of nitrogens with one attached hydrogen (secondary N) is 1. The number of hydrogen-bond acceptors (Lipinski definition) is 4. The summed E-state index contributed by atoms with van der Waals surface area (Å²) in [5, 5.41) is 19.3. The van der Waals surface area contributed by atoms with Crippen LogP contribution in [0.3, 0.4) is 0 Å². The predicted molar refractivity (Wildman–Crippen MR) is 103 cm³/mol. The van der Waals surface area contributed by atoms with E-state index in [1.165, 1.54) is 12.1 Å². The van der Waals surface area contributed by atoms with E-state index in [4.69, 9.17) is 0 Å². The third kappa shape index (κ3) is 4.94. The third-order valence-electron chi connectivity index (χ3n) is 3.84. The van der Waals surface area contributed by atoms with Crippen LogP contribution in [0.5, 0.6) is 5.75 Å². The maximum Gasteiger partial charge on any atom is 0.251 e. The molecule has 2 aromatic carbocycles. The number of benzene rings is 2. The summed E-state index contributed by atoms with van der Waals surface area (Å²) in [6.07, 6.45) is 1.31. The quantitative estimate of drug-likeness (QED) is 0.786. The smallest absolute Gasteiger partial charge is 0.251 e. The average Bonchev–Trinajstić information content (AvgIpc) is 2.59. The molecule has 0 atom stereocenters. The van der Waals surface area contributed by atoms with Crippen molar-refractivity contribution in [3.05, 3.63) is 70.1 Å². The highest BCUT2D eigenvalue weighted by atomic mass is 32.2. The summed E-state index contributed by atoms with van der Waals surface area (Å²) in [4.78, 5) is -0.376. The highest BCUT2D eigenvalue weighted by Crippen LogP contribution is 2.31. The van der Waals surface area contributed by atoms with Crippen LogP contribution >= 0.6 is 0 Å². The van der Waals surface area contributed by atoms with Gasteiger partial charge in [-0.05, 0) is 40.3 Å². The first-order valence-corrected chi connectivity index (χ1v) is 9.61. The van der Waals surface area contributed by atoms with Gasteiger partial charge in [0.25, 0.3) is 10.0 Å². The molecule has 0 amide bonds. The lowest BCUT2D eigenvalue weighted by atomic mass is 9.85. The first-order chi connectivity index (χ1) is 12.1. The number of hydrogen-bond donors (Lipinski definition) is 2. The van der Waals surface area contributed by atoms with Crippen molar-refractivity contribution < 1.29 is 13.5 Å². The van der Waals surface area contributed by atoms with Crippen LogP contribution in [0.25, 0.3) is 6.08 Å². The molecule has 2 rings (SSSR count). The van der Waals surface area contributed by atoms with E-state index >= 15 is 0 Å². The normalized spacial score (nSPS) is 12.6. The Bertz CT molecular complexity index is 951. The molecule has 5 nitrogen and oxygen atoms in total. The number of aromatic hydroxyl groups is 1. The second kappa shape index (κ2) is 7.73. The number of nitriles is 1. The van der Waals surface area contributed by atoms with E-state index in [0.29, 0.717) is 11.1 Å². The SMILES string of the molecule is CC(C)(C)c1cc(/C=C(\C#N)S(=O)(=O)NCc2ccccc2)ccc1O. The van der Waals surface area contributed by atoms with Gasteiger partial charge in [0.05, 0.1) is 0 Å². The molecule has 2 aromatic rings. The molecule has 0 aromatic heterocycles. The summed E-state index contributed by atoms with van der Waals surface area (Å²) in [6, 6.07) is 15.6. The highest BCUT2D eigenvalue weighted by Gasteiger charge is 2.20. The topological polar surface area (TPSA) is 90.2 Å². The van der Waals surface area contributed by atoms with Crippen molar-refractivity contribution >= 4 is 16.1 Å². The van der Waals surface area contributed by atoms with Gasteiger partial charge >= 0.3 is 0 Å². The summed E-state index contributed by atoms with van der Waals surface area (Å²) in [7, 11) is -3.94. The lowest BCUT2D eigenvalue weighted by molar-refractivity contribution is 0.446. The minimum atomic E-state index is -3.94. The van der Waals surface area contributed by atoms with Crippen molar-refractivity contribution in [1.29, 1.82) is 5.26 Å². The molecule has 0 aliphatic rings. The number of nitrogens with zero attached hydrogens (tertiary/aromatic N) is 1. The molecule has 0 saturated heterocycles. The monoisotopic (exact) mass is 370 g/mol. The molecule has 0 unspecified atom stereocenters. The molecule has 0 radical (unpaired) electrons. The summed E-state index contributed by atoms with van der Waals surface area (Å²) >= 11 is 0. The number of allylic oxidation sites excluding steroid dienone is 1. The molecular formula is C20H22N2O3S. The number of sulfonamides is 1. The van der Waals surface area contributed by atoms with Gasteiger partial charge in [-0.3, -0.25) is 0 Å². The Morgan fingerprint density at radius 3 is 2.42 bits per heavy atom. The lowest BCUT2D eigenvalue weighted by Crippen LogP contribution is -2.24. The zero-order valence-electron chi connectivity index (χ0n) is 15.0. The van der Waals surface area contributed by atoms with Crippen LogP contribution < -0.4 is 4.72 Å². The fourth-order valence-electron chi connectivity index (χ4n) is 2.42. The lowest BCUT2D eigenvalue weighted by Gasteiger charge is -2.20. The zero-order chi connectivity index (χ0) is 19.4. The average molecular weight is 370 g/mol.